The van der Waals surface area contributed by atoms with Crippen molar-refractivity contribution in [3.63, 3.8) is 0 Å². The van der Waals surface area contributed by atoms with Crippen molar-refractivity contribution < 1.29 is 27.5 Å². The van der Waals surface area contributed by atoms with Crippen molar-refractivity contribution in [1.82, 2.24) is 14.6 Å². The Bertz CT molecular complexity index is 1350. The first kappa shape index (κ1) is 27.8. The van der Waals surface area contributed by atoms with E-state index >= 15 is 0 Å². The second-order valence-electron chi connectivity index (χ2n) is 7.92. The topological polar surface area (TPSA) is 141 Å². The van der Waals surface area contributed by atoms with Crippen LogP contribution in [-0.4, -0.2) is 50.9 Å². The van der Waals surface area contributed by atoms with Gasteiger partial charge >= 0.3 is 0 Å². The first-order valence-corrected chi connectivity index (χ1v) is 13.6. The Kier molecular flexibility index (Phi) is 9.39. The first-order chi connectivity index (χ1) is 17.6. The third-order valence-corrected chi connectivity index (χ3v) is 6.67. The van der Waals surface area contributed by atoms with Crippen LogP contribution < -0.4 is 19.3 Å². The van der Waals surface area contributed by atoms with Crippen molar-refractivity contribution in [2.75, 3.05) is 20.8 Å². The van der Waals surface area contributed by atoms with Gasteiger partial charge in [-0.3, -0.25) is 9.59 Å². The van der Waals surface area contributed by atoms with E-state index < -0.39 is 16.1 Å². The van der Waals surface area contributed by atoms with Crippen molar-refractivity contribution in [1.29, 1.82) is 0 Å². The molecule has 3 N–H and O–H groups in total. The van der Waals surface area contributed by atoms with Gasteiger partial charge in [-0.15, -0.1) is 11.3 Å². The zero-order valence-electron chi connectivity index (χ0n) is 20.5. The molecule has 3 aromatic rings. The van der Waals surface area contributed by atoms with Crippen LogP contribution in [-0.2, 0) is 23.2 Å². The van der Waals surface area contributed by atoms with E-state index in [2.05, 4.69) is 11.6 Å². The van der Waals surface area contributed by atoms with E-state index in [4.69, 9.17) is 14.6 Å². The van der Waals surface area contributed by atoms with Crippen LogP contribution in [0.25, 0.3) is 6.08 Å². The molecule has 0 aliphatic heterocycles. The van der Waals surface area contributed by atoms with Gasteiger partial charge in [0.2, 0.25) is 0 Å². The van der Waals surface area contributed by atoms with Crippen LogP contribution in [0.2, 0.25) is 0 Å². The number of benzene rings is 2. The third-order valence-electron chi connectivity index (χ3n) is 5.36. The number of nitrogens with zero attached hydrogens (tertiary/aromatic N) is 2. The molecule has 0 radical (unpaired) electrons. The van der Waals surface area contributed by atoms with E-state index in [-0.39, 0.29) is 18.1 Å². The SMILES string of the molecule is C=Cc1c(OC)cc(C(=O)N(CCCc2ccccc2)Cc2nc(C(=O)NS(N)(=O)=O)cs2)cc1OC. The summed E-state index contributed by atoms with van der Waals surface area (Å²) in [7, 11) is -1.23. The summed E-state index contributed by atoms with van der Waals surface area (Å²) in [5.41, 5.74) is 2.01. The zero-order valence-corrected chi connectivity index (χ0v) is 22.1. The number of hydrogen-bond acceptors (Lipinski definition) is 8. The summed E-state index contributed by atoms with van der Waals surface area (Å²) in [6.45, 7) is 4.29. The number of nitrogens with one attached hydrogen (secondary N) is 1. The van der Waals surface area contributed by atoms with Gasteiger partial charge in [-0.1, -0.05) is 43.0 Å². The molecule has 0 aliphatic rings. The molecule has 0 saturated heterocycles. The number of carbonyl (C=O) groups excluding carboxylic acids is 2. The molecule has 0 saturated carbocycles. The van der Waals surface area contributed by atoms with E-state index in [0.29, 0.717) is 40.6 Å². The van der Waals surface area contributed by atoms with Gasteiger partial charge in [-0.2, -0.15) is 8.42 Å². The van der Waals surface area contributed by atoms with Crippen LogP contribution in [0.1, 0.15) is 43.4 Å². The first-order valence-electron chi connectivity index (χ1n) is 11.2. The molecule has 10 nitrogen and oxygen atoms in total. The molecule has 196 valence electrons. The Morgan fingerprint density at radius 2 is 1.81 bits per heavy atom. The van der Waals surface area contributed by atoms with Crippen LogP contribution in [0.3, 0.4) is 0 Å². The highest BCUT2D eigenvalue weighted by Gasteiger charge is 2.22. The lowest BCUT2D eigenvalue weighted by atomic mass is 10.1. The van der Waals surface area contributed by atoms with E-state index in [1.54, 1.807) is 27.8 Å². The maximum Gasteiger partial charge on any atom is 0.299 e. The molecule has 37 heavy (non-hydrogen) atoms. The normalized spacial score (nSPS) is 11.0. The van der Waals surface area contributed by atoms with Crippen molar-refractivity contribution >= 4 is 39.4 Å². The standard InChI is InChI=1S/C25H28N4O6S2/c1-4-19-21(34-2)13-18(14-22(19)35-3)25(31)29(12-8-11-17-9-6-5-7-10-17)15-23-27-20(16-36-23)24(30)28-37(26,32)33/h4-7,9-10,13-14,16H,1,8,11-12,15H2,2-3H3,(H,28,30)(H2,26,32,33). The maximum absolute atomic E-state index is 13.6. The lowest BCUT2D eigenvalue weighted by Crippen LogP contribution is -2.36. The monoisotopic (exact) mass is 544 g/mol. The van der Waals surface area contributed by atoms with Gasteiger partial charge in [0.15, 0.2) is 0 Å². The number of hydrogen-bond donors (Lipinski definition) is 2. The van der Waals surface area contributed by atoms with E-state index in [1.165, 1.54) is 19.6 Å². The predicted molar refractivity (Wildman–Crippen MR) is 142 cm³/mol. The molecule has 0 atom stereocenters. The average Bonchev–Trinajstić information content (AvgIpc) is 3.35. The molecule has 0 aliphatic carbocycles. The smallest absolute Gasteiger partial charge is 0.299 e. The summed E-state index contributed by atoms with van der Waals surface area (Å²) in [6, 6.07) is 13.2. The van der Waals surface area contributed by atoms with Gasteiger partial charge in [0.1, 0.15) is 22.2 Å². The summed E-state index contributed by atoms with van der Waals surface area (Å²) in [5.74, 6) is -0.344. The second-order valence-corrected chi connectivity index (χ2v) is 10.2. The van der Waals surface area contributed by atoms with Crippen LogP contribution in [0.5, 0.6) is 11.5 Å². The maximum atomic E-state index is 13.6. The summed E-state index contributed by atoms with van der Waals surface area (Å²) < 4.78 is 34.9. The van der Waals surface area contributed by atoms with Crippen LogP contribution >= 0.6 is 11.3 Å². The molecule has 1 aromatic heterocycles. The largest absolute Gasteiger partial charge is 0.496 e. The Morgan fingerprint density at radius 3 is 2.38 bits per heavy atom. The van der Waals surface area contributed by atoms with Gasteiger partial charge in [-0.25, -0.2) is 14.8 Å². The molecule has 0 unspecified atom stereocenters. The van der Waals surface area contributed by atoms with Crippen molar-refractivity contribution in [3.05, 3.63) is 81.8 Å². The second kappa shape index (κ2) is 12.5. The molecular formula is C25H28N4O6S2. The van der Waals surface area contributed by atoms with E-state index in [9.17, 15) is 18.0 Å². The highest BCUT2D eigenvalue weighted by Crippen LogP contribution is 2.32. The number of nitrogens with two attached hydrogens (primary N) is 1. The Balaban J connectivity index is 1.87. The fraction of sp³-hybridized carbons (Fsp3) is 0.240. The number of carbonyl (C=O) groups is 2. The molecule has 0 spiro atoms. The van der Waals surface area contributed by atoms with Gasteiger partial charge < -0.3 is 14.4 Å². The number of aromatic nitrogens is 1. The average molecular weight is 545 g/mol. The third kappa shape index (κ3) is 7.62. The van der Waals surface area contributed by atoms with Gasteiger partial charge in [0.25, 0.3) is 22.0 Å². The Labute approximate surface area is 219 Å². The van der Waals surface area contributed by atoms with Crippen molar-refractivity contribution in [2.24, 2.45) is 5.14 Å². The molecule has 3 rings (SSSR count). The quantitative estimate of drug-likeness (QED) is 0.357. The van der Waals surface area contributed by atoms with E-state index in [1.807, 2.05) is 30.3 Å². The number of amides is 2. The minimum atomic E-state index is -4.22. The molecule has 0 bridgehead atoms. The number of rotatable bonds is 12. The van der Waals surface area contributed by atoms with Crippen molar-refractivity contribution in [2.45, 2.75) is 19.4 Å². The van der Waals surface area contributed by atoms with Gasteiger partial charge in [0.05, 0.1) is 26.3 Å². The predicted octanol–water partition coefficient (Wildman–Crippen LogP) is 3.01. The van der Waals surface area contributed by atoms with Crippen LogP contribution in [0.15, 0.2) is 54.4 Å². The fourth-order valence-corrected chi connectivity index (χ4v) is 4.80. The minimum absolute atomic E-state index is 0.106. The highest BCUT2D eigenvalue weighted by molar-refractivity contribution is 7.87. The Hall–Kier alpha value is -3.74. The highest BCUT2D eigenvalue weighted by atomic mass is 32.2. The lowest BCUT2D eigenvalue weighted by molar-refractivity contribution is 0.0740. The van der Waals surface area contributed by atoms with Crippen LogP contribution in [0, 0.1) is 0 Å². The molecule has 0 fully saturated rings. The molecule has 2 amide bonds. The molecular weight excluding hydrogens is 516 g/mol. The lowest BCUT2D eigenvalue weighted by Gasteiger charge is -2.23. The van der Waals surface area contributed by atoms with Crippen LogP contribution in [0.4, 0.5) is 0 Å². The minimum Gasteiger partial charge on any atom is -0.496 e. The van der Waals surface area contributed by atoms with Gasteiger partial charge in [-0.05, 0) is 30.5 Å². The van der Waals surface area contributed by atoms with Crippen molar-refractivity contribution in [3.8, 4) is 11.5 Å². The number of aryl methyl sites for hydroxylation is 1. The summed E-state index contributed by atoms with van der Waals surface area (Å²) >= 11 is 1.13. The van der Waals surface area contributed by atoms with E-state index in [0.717, 1.165) is 23.3 Å². The molecule has 2 aromatic carbocycles. The fourth-order valence-electron chi connectivity index (χ4n) is 3.65. The van der Waals surface area contributed by atoms with Gasteiger partial charge in [0, 0.05) is 17.5 Å². The summed E-state index contributed by atoms with van der Waals surface area (Å²) in [5, 5.41) is 6.74. The number of thiazole rings is 1. The zero-order chi connectivity index (χ0) is 27.0. The number of methoxy groups -OCH3 is 2. The summed E-state index contributed by atoms with van der Waals surface area (Å²) in [6.07, 6.45) is 3.03. The molecule has 12 heteroatoms. The number of ether oxygens (including phenoxy) is 2. The molecule has 1 heterocycles. The summed E-state index contributed by atoms with van der Waals surface area (Å²) in [4.78, 5) is 31.6. The Morgan fingerprint density at radius 1 is 1.16 bits per heavy atom.